The third-order valence-electron chi connectivity index (χ3n) is 5.46. The van der Waals surface area contributed by atoms with Gasteiger partial charge in [0, 0.05) is 36.7 Å². The zero-order chi connectivity index (χ0) is 21.6. The molecule has 7 heteroatoms. The second kappa shape index (κ2) is 7.59. The summed E-state index contributed by atoms with van der Waals surface area (Å²) in [5, 5.41) is 11.2. The molecule has 0 amide bonds. The maximum atomic E-state index is 13.8. The normalized spacial score (nSPS) is 22.9. The van der Waals surface area contributed by atoms with E-state index in [1.54, 1.807) is 0 Å². The van der Waals surface area contributed by atoms with Gasteiger partial charge in [-0.05, 0) is 53.2 Å². The highest BCUT2D eigenvalue weighted by Crippen LogP contribution is 2.38. The second-order valence-electron chi connectivity index (χ2n) is 8.80. The Hall–Kier alpha value is -2.15. The zero-order valence-corrected chi connectivity index (χ0v) is 18.0. The Kier molecular flexibility index (Phi) is 5.64. The van der Waals surface area contributed by atoms with Crippen LogP contribution < -0.4 is 0 Å². The van der Waals surface area contributed by atoms with Crippen molar-refractivity contribution in [3.05, 3.63) is 47.3 Å². The van der Waals surface area contributed by atoms with Gasteiger partial charge in [0.2, 0.25) is 11.7 Å². The van der Waals surface area contributed by atoms with E-state index in [1.165, 1.54) is 0 Å². The number of benzene rings is 1. The minimum absolute atomic E-state index is 0.0421. The molecule has 1 saturated heterocycles. The number of fused-ring (bicyclic) bond motifs is 1. The fourth-order valence-corrected chi connectivity index (χ4v) is 4.46. The van der Waals surface area contributed by atoms with E-state index in [0.717, 1.165) is 30.6 Å². The lowest BCUT2D eigenvalue weighted by molar-refractivity contribution is -0.161. The first-order valence-electron chi connectivity index (χ1n) is 10.2. The molecule has 0 aliphatic carbocycles. The molecule has 0 saturated carbocycles. The number of hydrogen-bond donors (Lipinski definition) is 1. The minimum Gasteiger partial charge on any atom is -0.441 e. The molecule has 1 aromatic rings. The van der Waals surface area contributed by atoms with Crippen molar-refractivity contribution in [2.75, 3.05) is 6.54 Å². The van der Waals surface area contributed by atoms with Crippen molar-refractivity contribution in [3.63, 3.8) is 0 Å². The molecule has 29 heavy (non-hydrogen) atoms. The summed E-state index contributed by atoms with van der Waals surface area (Å²) in [6, 6.07) is 3.24. The number of aliphatic hydroxyl groups is 1. The first-order valence-corrected chi connectivity index (χ1v) is 10.2. The lowest BCUT2D eigenvalue weighted by Gasteiger charge is -2.38. The molecule has 2 unspecified atom stereocenters. The first-order chi connectivity index (χ1) is 13.5. The van der Waals surface area contributed by atoms with Gasteiger partial charge in [-0.25, -0.2) is 13.8 Å². The van der Waals surface area contributed by atoms with E-state index in [0.29, 0.717) is 6.42 Å². The van der Waals surface area contributed by atoms with Crippen LogP contribution in [0.4, 0.5) is 8.78 Å². The number of nitrogens with zero attached hydrogens (tertiary/aromatic N) is 3. The van der Waals surface area contributed by atoms with Gasteiger partial charge >= 0.3 is 0 Å². The van der Waals surface area contributed by atoms with E-state index < -0.39 is 17.4 Å². The summed E-state index contributed by atoms with van der Waals surface area (Å²) in [6.45, 7) is 13.3. The zero-order valence-electron chi connectivity index (χ0n) is 18.0. The van der Waals surface area contributed by atoms with Crippen molar-refractivity contribution in [1.82, 2.24) is 9.80 Å². The quantitative estimate of drug-likeness (QED) is 0.738. The van der Waals surface area contributed by atoms with Crippen LogP contribution in [0.15, 0.2) is 35.1 Å². The molecule has 0 bridgehead atoms. The van der Waals surface area contributed by atoms with Gasteiger partial charge in [0.1, 0.15) is 23.6 Å². The highest BCUT2D eigenvalue weighted by molar-refractivity contribution is 5.89. The Balaban J connectivity index is 1.98. The summed E-state index contributed by atoms with van der Waals surface area (Å²) < 4.78 is 33.5. The van der Waals surface area contributed by atoms with E-state index in [2.05, 4.69) is 42.5 Å². The van der Waals surface area contributed by atoms with Crippen molar-refractivity contribution < 1.29 is 18.6 Å². The van der Waals surface area contributed by atoms with Crippen molar-refractivity contribution in [1.29, 1.82) is 0 Å². The Bertz CT molecular complexity index is 817. The van der Waals surface area contributed by atoms with Crippen LogP contribution in [0.1, 0.15) is 59.9 Å². The predicted molar refractivity (Wildman–Crippen MR) is 109 cm³/mol. The second-order valence-corrected chi connectivity index (χ2v) is 8.80. The van der Waals surface area contributed by atoms with Gasteiger partial charge in [-0.2, -0.15) is 0 Å². The van der Waals surface area contributed by atoms with Crippen LogP contribution in [-0.2, 0) is 10.5 Å². The van der Waals surface area contributed by atoms with E-state index in [9.17, 15) is 13.9 Å². The van der Waals surface area contributed by atoms with Crippen LogP contribution in [0.2, 0.25) is 0 Å². The van der Waals surface area contributed by atoms with Gasteiger partial charge in [-0.15, -0.1) is 0 Å². The van der Waals surface area contributed by atoms with Crippen molar-refractivity contribution in [2.24, 2.45) is 4.99 Å². The summed E-state index contributed by atoms with van der Waals surface area (Å²) in [4.78, 5) is 9.10. The SMILES string of the molecule is CCCC(O)(OC1=NC(C)N2CC(C)(C)N(C(C)C)C2=C1)c1cc(F)cc(F)c1. The van der Waals surface area contributed by atoms with Gasteiger partial charge in [-0.1, -0.05) is 6.92 Å². The summed E-state index contributed by atoms with van der Waals surface area (Å²) in [6.07, 6.45) is 2.37. The molecule has 3 rings (SSSR count). The molecule has 160 valence electrons. The van der Waals surface area contributed by atoms with Gasteiger partial charge in [0.25, 0.3) is 0 Å². The van der Waals surface area contributed by atoms with Crippen molar-refractivity contribution >= 4 is 5.90 Å². The lowest BCUT2D eigenvalue weighted by Crippen LogP contribution is -2.43. The molecule has 2 aliphatic rings. The number of halogens is 2. The van der Waals surface area contributed by atoms with Crippen molar-refractivity contribution in [2.45, 2.75) is 77.9 Å². The van der Waals surface area contributed by atoms with Gasteiger partial charge in [-0.3, -0.25) is 0 Å². The van der Waals surface area contributed by atoms with Crippen molar-refractivity contribution in [3.8, 4) is 0 Å². The molecule has 2 atom stereocenters. The van der Waals surface area contributed by atoms with E-state index in [1.807, 2.05) is 19.9 Å². The van der Waals surface area contributed by atoms with Gasteiger partial charge < -0.3 is 19.6 Å². The topological polar surface area (TPSA) is 48.3 Å². The molecular formula is C22H31F2N3O2. The molecule has 1 fully saturated rings. The first kappa shape index (κ1) is 21.6. The van der Waals surface area contributed by atoms with E-state index >= 15 is 0 Å². The third-order valence-corrected chi connectivity index (χ3v) is 5.46. The summed E-state index contributed by atoms with van der Waals surface area (Å²) in [5.74, 6) is -2.15. The molecule has 0 aromatic heterocycles. The molecular weight excluding hydrogens is 376 g/mol. The van der Waals surface area contributed by atoms with Crippen LogP contribution in [0, 0.1) is 11.6 Å². The summed E-state index contributed by atoms with van der Waals surface area (Å²) >= 11 is 0. The molecule has 2 heterocycles. The Labute approximate surface area is 171 Å². The smallest absolute Gasteiger partial charge is 0.236 e. The molecule has 2 aliphatic heterocycles. The van der Waals surface area contributed by atoms with Crippen LogP contribution in [0.25, 0.3) is 0 Å². The summed E-state index contributed by atoms with van der Waals surface area (Å²) in [5.41, 5.74) is -0.0366. The Morgan fingerprint density at radius 2 is 1.90 bits per heavy atom. The fraction of sp³-hybridized carbons (Fsp3) is 0.591. The average molecular weight is 408 g/mol. The van der Waals surface area contributed by atoms with E-state index in [-0.39, 0.29) is 35.6 Å². The van der Waals surface area contributed by atoms with E-state index in [4.69, 9.17) is 4.74 Å². The number of aliphatic imine (C=N–C) groups is 1. The molecule has 0 radical (unpaired) electrons. The molecule has 0 spiro atoms. The van der Waals surface area contributed by atoms with Crippen LogP contribution in [-0.4, -0.2) is 45.1 Å². The number of ether oxygens (including phenoxy) is 1. The van der Waals surface area contributed by atoms with Crippen LogP contribution in [0.3, 0.4) is 0 Å². The van der Waals surface area contributed by atoms with Crippen LogP contribution in [0.5, 0.6) is 0 Å². The summed E-state index contributed by atoms with van der Waals surface area (Å²) in [7, 11) is 0. The minimum atomic E-state index is -1.87. The molecule has 1 N–H and O–H groups in total. The predicted octanol–water partition coefficient (Wildman–Crippen LogP) is 4.33. The van der Waals surface area contributed by atoms with Gasteiger partial charge in [0.15, 0.2) is 0 Å². The third kappa shape index (κ3) is 4.10. The lowest BCUT2D eigenvalue weighted by atomic mass is 10.0. The largest absolute Gasteiger partial charge is 0.441 e. The maximum absolute atomic E-state index is 13.8. The number of rotatable bonds is 5. The molecule has 1 aromatic carbocycles. The standard InChI is InChI=1S/C22H31F2N3O2/c1-7-8-22(28,16-9-17(23)11-18(24)10-16)29-19-12-20-26(15(4)25-19)13-21(5,6)27(20)14(2)3/h9-12,14-15,28H,7-8,13H2,1-6H3. The monoisotopic (exact) mass is 407 g/mol. The number of hydrogen-bond acceptors (Lipinski definition) is 5. The Morgan fingerprint density at radius 1 is 1.28 bits per heavy atom. The fourth-order valence-electron chi connectivity index (χ4n) is 4.46. The highest BCUT2D eigenvalue weighted by atomic mass is 19.1. The highest BCUT2D eigenvalue weighted by Gasteiger charge is 2.45. The average Bonchev–Trinajstić information content (AvgIpc) is 2.85. The molecule has 5 nitrogen and oxygen atoms in total. The maximum Gasteiger partial charge on any atom is 0.236 e. The Morgan fingerprint density at radius 3 is 2.45 bits per heavy atom. The van der Waals surface area contributed by atoms with Gasteiger partial charge in [0.05, 0.1) is 5.54 Å². The van der Waals surface area contributed by atoms with Crippen LogP contribution >= 0.6 is 0 Å².